The lowest BCUT2D eigenvalue weighted by Gasteiger charge is -2.60. The van der Waals surface area contributed by atoms with E-state index in [1.807, 2.05) is 0 Å². The summed E-state index contributed by atoms with van der Waals surface area (Å²) in [4.78, 5) is 24.0. The van der Waals surface area contributed by atoms with Crippen LogP contribution in [-0.4, -0.2) is 34.7 Å². The second-order valence-corrected chi connectivity index (χ2v) is 7.93. The Labute approximate surface area is 125 Å². The molecule has 2 unspecified atom stereocenters. The quantitative estimate of drug-likeness (QED) is 0.718. The van der Waals surface area contributed by atoms with E-state index in [2.05, 4.69) is 12.2 Å². The molecule has 4 bridgehead atoms. The Bertz CT molecular complexity index is 447. The molecule has 4 saturated carbocycles. The van der Waals surface area contributed by atoms with Gasteiger partial charge < -0.3 is 15.5 Å². The summed E-state index contributed by atoms with van der Waals surface area (Å²) in [7, 11) is 0. The smallest absolute Gasteiger partial charge is 0.326 e. The third-order valence-electron chi connectivity index (χ3n) is 5.86. The van der Waals surface area contributed by atoms with E-state index >= 15 is 0 Å². The number of carbonyl (C=O) groups is 2. The van der Waals surface area contributed by atoms with Crippen molar-refractivity contribution in [2.45, 2.75) is 57.9 Å². The molecule has 118 valence electrons. The van der Waals surface area contributed by atoms with E-state index in [1.54, 1.807) is 0 Å². The average molecular weight is 295 g/mol. The van der Waals surface area contributed by atoms with Crippen molar-refractivity contribution < 1.29 is 19.8 Å². The Morgan fingerprint density at radius 2 is 1.86 bits per heavy atom. The standard InChI is InChI=1S/C16H25NO4/c1-15-5-10-4-11(6-15)8-16(7-10,9-15)14(21)17-12(2-3-18)13(19)20/h10-12,18H,2-9H2,1H3,(H,17,21)(H,19,20)/t10?,11?,12-,15?,16?/m1/s1. The molecule has 5 heteroatoms. The maximum Gasteiger partial charge on any atom is 0.326 e. The zero-order chi connectivity index (χ0) is 15.3. The average Bonchev–Trinajstić information content (AvgIpc) is 2.34. The molecule has 0 heterocycles. The fourth-order valence-corrected chi connectivity index (χ4v) is 5.68. The Balaban J connectivity index is 1.76. The van der Waals surface area contributed by atoms with Gasteiger partial charge in [0.1, 0.15) is 6.04 Å². The number of carboxylic acid groups (broad SMARTS) is 1. The summed E-state index contributed by atoms with van der Waals surface area (Å²) in [5.41, 5.74) is -0.0981. The van der Waals surface area contributed by atoms with Gasteiger partial charge in [0.2, 0.25) is 5.91 Å². The second kappa shape index (κ2) is 4.97. The van der Waals surface area contributed by atoms with Crippen molar-refractivity contribution in [3.63, 3.8) is 0 Å². The molecule has 21 heavy (non-hydrogen) atoms. The van der Waals surface area contributed by atoms with Crippen LogP contribution < -0.4 is 5.32 Å². The highest BCUT2D eigenvalue weighted by Gasteiger charge is 2.59. The normalized spacial score (nSPS) is 41.8. The number of rotatable bonds is 5. The molecule has 1 amide bonds. The third-order valence-corrected chi connectivity index (χ3v) is 5.86. The van der Waals surface area contributed by atoms with Gasteiger partial charge in [0.15, 0.2) is 0 Å². The van der Waals surface area contributed by atoms with Gasteiger partial charge in [-0.05, 0) is 55.8 Å². The van der Waals surface area contributed by atoms with Gasteiger partial charge in [0.25, 0.3) is 0 Å². The first-order valence-electron chi connectivity index (χ1n) is 8.00. The van der Waals surface area contributed by atoms with E-state index in [4.69, 9.17) is 10.2 Å². The van der Waals surface area contributed by atoms with Crippen LogP contribution in [0.1, 0.15) is 51.9 Å². The number of aliphatic hydroxyl groups excluding tert-OH is 1. The highest BCUT2D eigenvalue weighted by Crippen LogP contribution is 2.65. The van der Waals surface area contributed by atoms with Crippen molar-refractivity contribution in [1.29, 1.82) is 0 Å². The van der Waals surface area contributed by atoms with Gasteiger partial charge in [-0.1, -0.05) is 6.92 Å². The fraction of sp³-hybridized carbons (Fsp3) is 0.875. The first kappa shape index (κ1) is 14.8. The summed E-state index contributed by atoms with van der Waals surface area (Å²) >= 11 is 0. The van der Waals surface area contributed by atoms with E-state index in [0.29, 0.717) is 11.8 Å². The molecule has 5 nitrogen and oxygen atoms in total. The maximum absolute atomic E-state index is 12.8. The third kappa shape index (κ3) is 2.56. The number of hydrogen-bond acceptors (Lipinski definition) is 3. The van der Waals surface area contributed by atoms with Crippen LogP contribution in [0.3, 0.4) is 0 Å². The number of aliphatic carboxylic acids is 1. The lowest BCUT2D eigenvalue weighted by Crippen LogP contribution is -2.58. The highest BCUT2D eigenvalue weighted by molar-refractivity contribution is 5.87. The van der Waals surface area contributed by atoms with Crippen LogP contribution >= 0.6 is 0 Å². The van der Waals surface area contributed by atoms with Gasteiger partial charge in [-0.25, -0.2) is 4.79 Å². The largest absolute Gasteiger partial charge is 0.480 e. The van der Waals surface area contributed by atoms with Crippen molar-refractivity contribution >= 4 is 11.9 Å². The van der Waals surface area contributed by atoms with Gasteiger partial charge in [-0.15, -0.1) is 0 Å². The summed E-state index contributed by atoms with van der Waals surface area (Å²) < 4.78 is 0. The van der Waals surface area contributed by atoms with Gasteiger partial charge in [-0.3, -0.25) is 4.79 Å². The Morgan fingerprint density at radius 1 is 1.24 bits per heavy atom. The van der Waals surface area contributed by atoms with Gasteiger partial charge in [0, 0.05) is 13.0 Å². The number of nitrogens with one attached hydrogen (secondary N) is 1. The van der Waals surface area contributed by atoms with Crippen LogP contribution in [0.25, 0.3) is 0 Å². The molecular weight excluding hydrogens is 270 g/mol. The Hall–Kier alpha value is -1.10. The van der Waals surface area contributed by atoms with Crippen LogP contribution in [0, 0.1) is 22.7 Å². The Morgan fingerprint density at radius 3 is 2.33 bits per heavy atom. The highest BCUT2D eigenvalue weighted by atomic mass is 16.4. The number of carboxylic acids is 1. The zero-order valence-electron chi connectivity index (χ0n) is 12.6. The Kier molecular flexibility index (Phi) is 3.51. The summed E-state index contributed by atoms with van der Waals surface area (Å²) in [5.74, 6) is 0.100. The topological polar surface area (TPSA) is 86.6 Å². The van der Waals surface area contributed by atoms with Gasteiger partial charge in [-0.2, -0.15) is 0 Å². The fourth-order valence-electron chi connectivity index (χ4n) is 5.68. The van der Waals surface area contributed by atoms with Crippen LogP contribution in [-0.2, 0) is 9.59 Å². The van der Waals surface area contributed by atoms with E-state index < -0.39 is 12.0 Å². The molecule has 4 rings (SSSR count). The molecule has 0 saturated heterocycles. The molecule has 3 N–H and O–H groups in total. The van der Waals surface area contributed by atoms with Crippen molar-refractivity contribution in [3.05, 3.63) is 0 Å². The van der Waals surface area contributed by atoms with E-state index in [1.165, 1.54) is 19.3 Å². The molecule has 4 aliphatic rings. The predicted molar refractivity (Wildman–Crippen MR) is 76.5 cm³/mol. The molecule has 0 aromatic rings. The van der Waals surface area contributed by atoms with Crippen molar-refractivity contribution in [2.75, 3.05) is 6.61 Å². The number of amides is 1. The summed E-state index contributed by atoms with van der Waals surface area (Å²) in [6.07, 6.45) is 6.47. The molecule has 4 fully saturated rings. The lowest BCUT2D eigenvalue weighted by molar-refractivity contribution is -0.158. The number of carbonyl (C=O) groups excluding carboxylic acids is 1. The minimum atomic E-state index is -1.06. The minimum absolute atomic E-state index is 0.0707. The summed E-state index contributed by atoms with van der Waals surface area (Å²) in [5, 5.41) is 20.8. The van der Waals surface area contributed by atoms with Gasteiger partial charge in [0.05, 0.1) is 5.41 Å². The van der Waals surface area contributed by atoms with Crippen LogP contribution in [0.2, 0.25) is 0 Å². The summed E-state index contributed by atoms with van der Waals surface area (Å²) in [6, 6.07) is -0.969. The molecule has 0 radical (unpaired) electrons. The zero-order valence-corrected chi connectivity index (χ0v) is 12.6. The molecule has 0 aromatic carbocycles. The first-order valence-corrected chi connectivity index (χ1v) is 8.00. The van der Waals surface area contributed by atoms with E-state index in [0.717, 1.165) is 19.3 Å². The second-order valence-electron chi connectivity index (χ2n) is 7.93. The van der Waals surface area contributed by atoms with Crippen molar-refractivity contribution in [1.82, 2.24) is 5.32 Å². The lowest BCUT2D eigenvalue weighted by atomic mass is 9.44. The molecular formula is C16H25NO4. The van der Waals surface area contributed by atoms with Crippen LogP contribution in [0.5, 0.6) is 0 Å². The molecule has 0 aromatic heterocycles. The number of aliphatic hydroxyl groups is 1. The van der Waals surface area contributed by atoms with E-state index in [-0.39, 0.29) is 29.8 Å². The van der Waals surface area contributed by atoms with Crippen molar-refractivity contribution in [2.24, 2.45) is 22.7 Å². The minimum Gasteiger partial charge on any atom is -0.480 e. The molecule has 0 aliphatic heterocycles. The summed E-state index contributed by atoms with van der Waals surface area (Å²) in [6.45, 7) is 2.06. The van der Waals surface area contributed by atoms with Gasteiger partial charge >= 0.3 is 5.97 Å². The molecule has 4 aliphatic carbocycles. The monoisotopic (exact) mass is 295 g/mol. The maximum atomic E-state index is 12.8. The van der Waals surface area contributed by atoms with Crippen LogP contribution in [0.15, 0.2) is 0 Å². The first-order chi connectivity index (χ1) is 9.86. The molecule has 0 spiro atoms. The van der Waals surface area contributed by atoms with Crippen LogP contribution in [0.4, 0.5) is 0 Å². The SMILES string of the molecule is CC12CC3CC(C1)CC(C(=O)N[C@H](CCO)C(=O)O)(C3)C2. The predicted octanol–water partition coefficient (Wildman–Crippen LogP) is 1.54. The molecule has 3 atom stereocenters. The number of hydrogen-bond donors (Lipinski definition) is 3. The van der Waals surface area contributed by atoms with E-state index in [9.17, 15) is 9.59 Å². The van der Waals surface area contributed by atoms with Crippen molar-refractivity contribution in [3.8, 4) is 0 Å².